The van der Waals surface area contributed by atoms with E-state index < -0.39 is 5.91 Å². The van der Waals surface area contributed by atoms with E-state index in [0.717, 1.165) is 5.56 Å². The minimum absolute atomic E-state index is 0.0341. The van der Waals surface area contributed by atoms with Gasteiger partial charge < -0.3 is 15.7 Å². The van der Waals surface area contributed by atoms with E-state index in [2.05, 4.69) is 0 Å². The molecule has 0 spiro atoms. The van der Waals surface area contributed by atoms with Crippen LogP contribution in [0, 0.1) is 5.82 Å². The second kappa shape index (κ2) is 7.56. The number of hydrogen-bond acceptors (Lipinski definition) is 3. The Morgan fingerprint density at radius 3 is 2.55 bits per heavy atom. The van der Waals surface area contributed by atoms with E-state index in [9.17, 15) is 14.3 Å². The second-order valence-electron chi connectivity index (χ2n) is 5.05. The van der Waals surface area contributed by atoms with E-state index in [1.807, 2.05) is 35.2 Å². The molecule has 2 aromatic rings. The topological polar surface area (TPSA) is 66.6 Å². The van der Waals surface area contributed by atoms with Gasteiger partial charge in [-0.05, 0) is 23.3 Å². The Labute approximate surface area is 129 Å². The highest BCUT2D eigenvalue weighted by atomic mass is 19.1. The molecule has 22 heavy (non-hydrogen) atoms. The fraction of sp³-hybridized carbons (Fsp3) is 0.235. The van der Waals surface area contributed by atoms with Gasteiger partial charge in [0.25, 0.3) is 0 Å². The summed E-state index contributed by atoms with van der Waals surface area (Å²) in [7, 11) is 0. The molecule has 0 unspecified atom stereocenters. The van der Waals surface area contributed by atoms with Crippen molar-refractivity contribution < 1.29 is 14.3 Å². The van der Waals surface area contributed by atoms with Crippen molar-refractivity contribution in [3.63, 3.8) is 0 Å². The summed E-state index contributed by atoms with van der Waals surface area (Å²) in [5.74, 6) is -0.865. The Morgan fingerprint density at radius 1 is 1.18 bits per heavy atom. The third-order valence-corrected chi connectivity index (χ3v) is 3.34. The van der Waals surface area contributed by atoms with Crippen LogP contribution in [-0.4, -0.2) is 24.2 Å². The number of carbonyl (C=O) groups is 1. The molecule has 0 aromatic heterocycles. The van der Waals surface area contributed by atoms with Gasteiger partial charge >= 0.3 is 0 Å². The second-order valence-corrected chi connectivity index (χ2v) is 5.05. The maximum atomic E-state index is 13.6. The van der Waals surface area contributed by atoms with Crippen LogP contribution < -0.4 is 10.6 Å². The minimum Gasteiger partial charge on any atom is -0.395 e. The zero-order valence-corrected chi connectivity index (χ0v) is 12.2. The Kier molecular flexibility index (Phi) is 5.49. The quantitative estimate of drug-likeness (QED) is 0.820. The number of benzene rings is 2. The van der Waals surface area contributed by atoms with Crippen LogP contribution in [0.3, 0.4) is 0 Å². The van der Waals surface area contributed by atoms with E-state index in [-0.39, 0.29) is 18.8 Å². The molecule has 3 N–H and O–H groups in total. The molecule has 5 heteroatoms. The highest BCUT2D eigenvalue weighted by Gasteiger charge is 2.14. The summed E-state index contributed by atoms with van der Waals surface area (Å²) in [6, 6.07) is 13.9. The third kappa shape index (κ3) is 4.30. The van der Waals surface area contributed by atoms with Crippen LogP contribution in [0.2, 0.25) is 0 Å². The maximum absolute atomic E-state index is 13.6. The fourth-order valence-corrected chi connectivity index (χ4v) is 2.38. The number of halogens is 1. The standard InChI is InChI=1S/C17H19FN2O2/c18-15-7-6-14(10-17(19)22)16(11-15)20(8-9-21)12-13-4-2-1-3-5-13/h1-7,11,21H,8-10,12H2,(H2,19,22). The number of hydrogen-bond donors (Lipinski definition) is 2. The molecule has 2 aromatic carbocycles. The molecular weight excluding hydrogens is 283 g/mol. The molecule has 0 saturated heterocycles. The summed E-state index contributed by atoms with van der Waals surface area (Å²) < 4.78 is 13.6. The largest absolute Gasteiger partial charge is 0.395 e. The first-order valence-corrected chi connectivity index (χ1v) is 7.06. The van der Waals surface area contributed by atoms with Gasteiger partial charge in [0.2, 0.25) is 5.91 Å². The van der Waals surface area contributed by atoms with Crippen molar-refractivity contribution in [3.05, 3.63) is 65.5 Å². The lowest BCUT2D eigenvalue weighted by atomic mass is 10.1. The Balaban J connectivity index is 2.34. The molecule has 0 heterocycles. The molecule has 0 fully saturated rings. The predicted octanol–water partition coefficient (Wildman–Crippen LogP) is 1.85. The molecule has 0 aliphatic rings. The molecule has 0 aliphatic carbocycles. The molecular formula is C17H19FN2O2. The third-order valence-electron chi connectivity index (χ3n) is 3.34. The van der Waals surface area contributed by atoms with Crippen molar-refractivity contribution in [2.45, 2.75) is 13.0 Å². The van der Waals surface area contributed by atoms with E-state index in [1.165, 1.54) is 12.1 Å². The molecule has 4 nitrogen and oxygen atoms in total. The molecule has 0 atom stereocenters. The molecule has 0 saturated carbocycles. The van der Waals surface area contributed by atoms with Gasteiger partial charge in [-0.2, -0.15) is 0 Å². The van der Waals surface area contributed by atoms with E-state index in [1.54, 1.807) is 6.07 Å². The van der Waals surface area contributed by atoms with Gasteiger partial charge in [0, 0.05) is 18.8 Å². The average Bonchev–Trinajstić information content (AvgIpc) is 2.49. The molecule has 0 aliphatic heterocycles. The zero-order valence-electron chi connectivity index (χ0n) is 12.2. The summed E-state index contributed by atoms with van der Waals surface area (Å²) in [4.78, 5) is 13.0. The van der Waals surface area contributed by atoms with Crippen LogP contribution in [0.1, 0.15) is 11.1 Å². The molecule has 1 amide bonds. The lowest BCUT2D eigenvalue weighted by molar-refractivity contribution is -0.117. The first kappa shape index (κ1) is 16.0. The van der Waals surface area contributed by atoms with Crippen LogP contribution in [0.5, 0.6) is 0 Å². The van der Waals surface area contributed by atoms with E-state index in [0.29, 0.717) is 24.3 Å². The molecule has 0 bridgehead atoms. The minimum atomic E-state index is -0.475. The summed E-state index contributed by atoms with van der Waals surface area (Å²) in [6.45, 7) is 0.778. The van der Waals surface area contributed by atoms with Gasteiger partial charge in [-0.1, -0.05) is 36.4 Å². The van der Waals surface area contributed by atoms with Crippen molar-refractivity contribution >= 4 is 11.6 Å². The number of primary amides is 1. The molecule has 2 rings (SSSR count). The summed E-state index contributed by atoms with van der Waals surface area (Å²) >= 11 is 0. The van der Waals surface area contributed by atoms with Gasteiger partial charge in [-0.3, -0.25) is 4.79 Å². The fourth-order valence-electron chi connectivity index (χ4n) is 2.38. The van der Waals surface area contributed by atoms with Crippen LogP contribution >= 0.6 is 0 Å². The maximum Gasteiger partial charge on any atom is 0.221 e. The number of aliphatic hydroxyl groups is 1. The Morgan fingerprint density at radius 2 is 1.91 bits per heavy atom. The van der Waals surface area contributed by atoms with Gasteiger partial charge in [0.15, 0.2) is 0 Å². The first-order chi connectivity index (χ1) is 10.6. The van der Waals surface area contributed by atoms with Crippen LogP contribution in [0.4, 0.5) is 10.1 Å². The normalized spacial score (nSPS) is 10.5. The smallest absolute Gasteiger partial charge is 0.221 e. The number of carbonyl (C=O) groups excluding carboxylic acids is 1. The lowest BCUT2D eigenvalue weighted by Crippen LogP contribution is -2.28. The number of nitrogens with zero attached hydrogens (tertiary/aromatic N) is 1. The predicted molar refractivity (Wildman–Crippen MR) is 83.9 cm³/mol. The molecule has 116 valence electrons. The summed E-state index contributed by atoms with van der Waals surface area (Å²) in [5.41, 5.74) is 7.52. The van der Waals surface area contributed by atoms with Crippen molar-refractivity contribution in [1.29, 1.82) is 0 Å². The SMILES string of the molecule is NC(=O)Cc1ccc(F)cc1N(CCO)Cc1ccccc1. The van der Waals surface area contributed by atoms with Gasteiger partial charge in [-0.15, -0.1) is 0 Å². The monoisotopic (exact) mass is 302 g/mol. The Hall–Kier alpha value is -2.40. The van der Waals surface area contributed by atoms with Crippen LogP contribution in [-0.2, 0) is 17.8 Å². The number of rotatable bonds is 7. The van der Waals surface area contributed by atoms with E-state index >= 15 is 0 Å². The molecule has 0 radical (unpaired) electrons. The van der Waals surface area contributed by atoms with Crippen LogP contribution in [0.25, 0.3) is 0 Å². The van der Waals surface area contributed by atoms with E-state index in [4.69, 9.17) is 5.73 Å². The number of aliphatic hydroxyl groups excluding tert-OH is 1. The zero-order chi connectivity index (χ0) is 15.9. The lowest BCUT2D eigenvalue weighted by Gasteiger charge is -2.26. The number of anilines is 1. The summed E-state index contributed by atoms with van der Waals surface area (Å²) in [6.07, 6.45) is 0.0341. The highest BCUT2D eigenvalue weighted by molar-refractivity contribution is 5.79. The van der Waals surface area contributed by atoms with Crippen molar-refractivity contribution in [1.82, 2.24) is 0 Å². The van der Waals surface area contributed by atoms with Crippen molar-refractivity contribution in [2.75, 3.05) is 18.1 Å². The van der Waals surface area contributed by atoms with Crippen molar-refractivity contribution in [3.8, 4) is 0 Å². The highest BCUT2D eigenvalue weighted by Crippen LogP contribution is 2.24. The van der Waals surface area contributed by atoms with Crippen molar-refractivity contribution in [2.24, 2.45) is 5.73 Å². The van der Waals surface area contributed by atoms with Gasteiger partial charge in [-0.25, -0.2) is 4.39 Å². The number of amides is 1. The Bertz CT molecular complexity index is 632. The number of nitrogens with two attached hydrogens (primary N) is 1. The summed E-state index contributed by atoms with van der Waals surface area (Å²) in [5, 5.41) is 9.29. The van der Waals surface area contributed by atoms with Gasteiger partial charge in [0.05, 0.1) is 13.0 Å². The van der Waals surface area contributed by atoms with Crippen LogP contribution in [0.15, 0.2) is 48.5 Å². The average molecular weight is 302 g/mol. The first-order valence-electron chi connectivity index (χ1n) is 7.06. The van der Waals surface area contributed by atoms with Gasteiger partial charge in [0.1, 0.15) is 5.82 Å².